The van der Waals surface area contributed by atoms with Gasteiger partial charge in [-0.05, 0) is 74.4 Å². The summed E-state index contributed by atoms with van der Waals surface area (Å²) in [6, 6.07) is 4.30. The van der Waals surface area contributed by atoms with E-state index in [2.05, 4.69) is 10.2 Å². The Morgan fingerprint density at radius 3 is 2.47 bits per heavy atom. The normalized spacial score (nSPS) is 18.8. The fraction of sp³-hybridized carbons (Fsp3) is 0.615. The quantitative estimate of drug-likeness (QED) is 0.700. The minimum Gasteiger partial charge on any atom is -0.350 e. The van der Waals surface area contributed by atoms with Crippen molar-refractivity contribution in [1.29, 1.82) is 0 Å². The van der Waals surface area contributed by atoms with Crippen LogP contribution < -0.4 is 5.32 Å². The molecule has 1 aliphatic carbocycles. The molecule has 5 nitrogen and oxygen atoms in total. The predicted octanol–water partition coefficient (Wildman–Crippen LogP) is 4.81. The van der Waals surface area contributed by atoms with Gasteiger partial charge in [0.25, 0.3) is 0 Å². The maximum atomic E-state index is 15.2. The van der Waals surface area contributed by atoms with Crippen LogP contribution in [0, 0.1) is 5.82 Å². The number of fused-ring (bicyclic) bond motifs is 1. The predicted molar refractivity (Wildman–Crippen MR) is 125 cm³/mol. The van der Waals surface area contributed by atoms with Crippen LogP contribution in [0.25, 0.3) is 10.9 Å². The van der Waals surface area contributed by atoms with E-state index in [-0.39, 0.29) is 30.0 Å². The van der Waals surface area contributed by atoms with Crippen LogP contribution in [0.15, 0.2) is 18.3 Å². The molecule has 174 valence electrons. The van der Waals surface area contributed by atoms with Crippen molar-refractivity contribution in [3.8, 4) is 0 Å². The summed E-state index contributed by atoms with van der Waals surface area (Å²) in [6.07, 6.45) is 11.7. The number of amides is 2. The second-order valence-electron chi connectivity index (χ2n) is 9.66. The van der Waals surface area contributed by atoms with Crippen LogP contribution in [-0.2, 0) is 23.1 Å². The first-order valence-corrected chi connectivity index (χ1v) is 12.3. The Morgan fingerprint density at radius 1 is 1.06 bits per heavy atom. The Balaban J connectivity index is 1.46. The van der Waals surface area contributed by atoms with E-state index < -0.39 is 0 Å². The number of imide groups is 1. The van der Waals surface area contributed by atoms with Gasteiger partial charge in [0.2, 0.25) is 11.8 Å². The molecule has 0 spiro atoms. The molecule has 1 aromatic carbocycles. The monoisotopic (exact) mass is 441 g/mol. The zero-order chi connectivity index (χ0) is 22.7. The maximum Gasteiger partial charge on any atom is 0.231 e. The van der Waals surface area contributed by atoms with E-state index >= 15 is 4.39 Å². The van der Waals surface area contributed by atoms with Crippen molar-refractivity contribution < 1.29 is 14.0 Å². The summed E-state index contributed by atoms with van der Waals surface area (Å²) in [7, 11) is 1.93. The van der Waals surface area contributed by atoms with Crippen LogP contribution in [0.1, 0.15) is 81.8 Å². The fourth-order valence-electron chi connectivity index (χ4n) is 5.64. The van der Waals surface area contributed by atoms with Gasteiger partial charge in [0.05, 0.1) is 6.42 Å². The lowest BCUT2D eigenvalue weighted by Crippen LogP contribution is -2.42. The summed E-state index contributed by atoms with van der Waals surface area (Å²) in [5.41, 5.74) is 2.50. The average Bonchev–Trinajstić information content (AvgIpc) is 3.08. The van der Waals surface area contributed by atoms with E-state index in [0.29, 0.717) is 12.8 Å². The Hall–Kier alpha value is -2.21. The molecule has 4 rings (SSSR count). The molecule has 1 aliphatic heterocycles. The molecule has 0 atom stereocenters. The topological polar surface area (TPSA) is 54.3 Å². The molecular formula is C26H36FN3O2. The summed E-state index contributed by atoms with van der Waals surface area (Å²) >= 11 is 0. The van der Waals surface area contributed by atoms with Crippen LogP contribution in [0.5, 0.6) is 0 Å². The number of carbonyl (C=O) groups excluding carboxylic acids is 2. The molecule has 1 N–H and O–H groups in total. The van der Waals surface area contributed by atoms with Gasteiger partial charge in [-0.25, -0.2) is 4.39 Å². The number of hydrogen-bond donors (Lipinski definition) is 1. The van der Waals surface area contributed by atoms with Crippen LogP contribution in [0.2, 0.25) is 0 Å². The lowest BCUT2D eigenvalue weighted by Gasteiger charge is -2.39. The van der Waals surface area contributed by atoms with Gasteiger partial charge in [0, 0.05) is 36.6 Å². The second kappa shape index (κ2) is 10.2. The molecule has 0 unspecified atom stereocenters. The number of benzene rings is 1. The number of aromatic nitrogens is 1. The van der Waals surface area contributed by atoms with Crippen molar-refractivity contribution in [3.63, 3.8) is 0 Å². The third-order valence-electron chi connectivity index (χ3n) is 7.36. The summed E-state index contributed by atoms with van der Waals surface area (Å²) < 4.78 is 17.2. The highest BCUT2D eigenvalue weighted by Gasteiger charge is 2.28. The molecule has 1 saturated heterocycles. The van der Waals surface area contributed by atoms with Crippen molar-refractivity contribution in [1.82, 2.24) is 14.8 Å². The maximum absolute atomic E-state index is 15.2. The molecule has 2 fully saturated rings. The smallest absolute Gasteiger partial charge is 0.231 e. The number of rotatable bonds is 6. The molecule has 0 radical (unpaired) electrons. The molecule has 2 aliphatic rings. The summed E-state index contributed by atoms with van der Waals surface area (Å²) in [6.45, 7) is 4.00. The van der Waals surface area contributed by atoms with E-state index in [0.717, 1.165) is 54.0 Å². The molecule has 2 heterocycles. The van der Waals surface area contributed by atoms with E-state index in [9.17, 15) is 9.59 Å². The van der Waals surface area contributed by atoms with Crippen LogP contribution in [0.4, 0.5) is 4.39 Å². The van der Waals surface area contributed by atoms with Gasteiger partial charge in [0.1, 0.15) is 5.82 Å². The summed E-state index contributed by atoms with van der Waals surface area (Å²) in [4.78, 5) is 26.6. The van der Waals surface area contributed by atoms with Gasteiger partial charge in [-0.15, -0.1) is 0 Å². The standard InChI is InChI=1S/C26H36FN3O2/c1-3-7-25(31)28-26(32)14-19-17-29(2)24-16-21(23(27)15-22(19)24)18-10-12-30(13-11-18)20-8-5-4-6-9-20/h15-18,20H,3-14H2,1-2H3,(H,28,31,32). The third kappa shape index (κ3) is 5.06. The van der Waals surface area contributed by atoms with Crippen LogP contribution >= 0.6 is 0 Å². The number of carbonyl (C=O) groups is 2. The van der Waals surface area contributed by atoms with E-state index in [1.807, 2.05) is 30.8 Å². The van der Waals surface area contributed by atoms with E-state index in [1.165, 1.54) is 32.1 Å². The molecule has 2 amide bonds. The van der Waals surface area contributed by atoms with Crippen molar-refractivity contribution in [2.45, 2.75) is 83.1 Å². The van der Waals surface area contributed by atoms with E-state index in [4.69, 9.17) is 0 Å². The van der Waals surface area contributed by atoms with Crippen LogP contribution in [0.3, 0.4) is 0 Å². The highest BCUT2D eigenvalue weighted by atomic mass is 19.1. The minimum absolute atomic E-state index is 0.0748. The Morgan fingerprint density at radius 2 is 1.78 bits per heavy atom. The first kappa shape index (κ1) is 23.0. The zero-order valence-electron chi connectivity index (χ0n) is 19.5. The number of nitrogens with one attached hydrogen (secondary N) is 1. The zero-order valence-corrected chi connectivity index (χ0v) is 19.5. The summed E-state index contributed by atoms with van der Waals surface area (Å²) in [5.74, 6) is -0.530. The first-order chi connectivity index (χ1) is 15.5. The van der Waals surface area contributed by atoms with Crippen molar-refractivity contribution in [3.05, 3.63) is 35.3 Å². The Labute approximate surface area is 190 Å². The second-order valence-corrected chi connectivity index (χ2v) is 9.66. The largest absolute Gasteiger partial charge is 0.350 e. The average molecular weight is 442 g/mol. The molecular weight excluding hydrogens is 405 g/mol. The molecule has 0 bridgehead atoms. The Kier molecular flexibility index (Phi) is 7.29. The molecule has 1 aromatic heterocycles. The molecule has 2 aromatic rings. The lowest BCUT2D eigenvalue weighted by atomic mass is 9.86. The number of likely N-dealkylation sites (tertiary alicyclic amines) is 1. The highest BCUT2D eigenvalue weighted by Crippen LogP contribution is 2.35. The van der Waals surface area contributed by atoms with Crippen molar-refractivity contribution >= 4 is 22.7 Å². The molecule has 6 heteroatoms. The minimum atomic E-state index is -0.337. The number of hydrogen-bond acceptors (Lipinski definition) is 3. The number of piperidine rings is 1. The fourth-order valence-corrected chi connectivity index (χ4v) is 5.64. The lowest BCUT2D eigenvalue weighted by molar-refractivity contribution is -0.130. The third-order valence-corrected chi connectivity index (χ3v) is 7.36. The number of halogens is 1. The van der Waals surface area contributed by atoms with Crippen molar-refractivity contribution in [2.24, 2.45) is 7.05 Å². The molecule has 32 heavy (non-hydrogen) atoms. The molecule has 1 saturated carbocycles. The van der Waals surface area contributed by atoms with E-state index in [1.54, 1.807) is 6.07 Å². The van der Waals surface area contributed by atoms with Gasteiger partial charge >= 0.3 is 0 Å². The first-order valence-electron chi connectivity index (χ1n) is 12.3. The van der Waals surface area contributed by atoms with Crippen molar-refractivity contribution in [2.75, 3.05) is 13.1 Å². The van der Waals surface area contributed by atoms with Gasteiger partial charge in [-0.1, -0.05) is 26.2 Å². The number of nitrogens with zero attached hydrogens (tertiary/aromatic N) is 2. The van der Waals surface area contributed by atoms with Gasteiger partial charge in [-0.3, -0.25) is 14.9 Å². The SMILES string of the molecule is CCCC(=O)NC(=O)Cc1cn(C)c2cc(C3CCN(C4CCCCC4)CC3)c(F)cc12. The van der Waals surface area contributed by atoms with Gasteiger partial charge < -0.3 is 9.47 Å². The van der Waals surface area contributed by atoms with Crippen LogP contribution in [-0.4, -0.2) is 40.4 Å². The number of aryl methyl sites for hydroxylation is 1. The Bertz CT molecular complexity index is 969. The summed E-state index contributed by atoms with van der Waals surface area (Å²) in [5, 5.41) is 3.18. The van der Waals surface area contributed by atoms with Gasteiger partial charge in [-0.2, -0.15) is 0 Å². The van der Waals surface area contributed by atoms with Gasteiger partial charge in [0.15, 0.2) is 0 Å². The highest BCUT2D eigenvalue weighted by molar-refractivity contribution is 5.98.